The maximum atomic E-state index is 12.7. The highest BCUT2D eigenvalue weighted by molar-refractivity contribution is 5.95. The van der Waals surface area contributed by atoms with Crippen LogP contribution in [0.25, 0.3) is 0 Å². The number of methoxy groups -OCH3 is 1. The highest BCUT2D eigenvalue weighted by Crippen LogP contribution is 2.30. The summed E-state index contributed by atoms with van der Waals surface area (Å²) in [6.07, 6.45) is 0.960. The third-order valence-electron chi connectivity index (χ3n) is 3.93. The normalized spacial score (nSPS) is 17.0. The lowest BCUT2D eigenvalue weighted by atomic mass is 10.0. The van der Waals surface area contributed by atoms with E-state index in [0.717, 1.165) is 12.8 Å². The molecule has 1 heterocycles. The predicted octanol–water partition coefficient (Wildman–Crippen LogP) is 2.65. The van der Waals surface area contributed by atoms with Crippen LogP contribution in [0.3, 0.4) is 0 Å². The maximum absolute atomic E-state index is 12.7. The first-order valence-electron chi connectivity index (χ1n) is 8.30. The molecule has 7 nitrogen and oxygen atoms in total. The van der Waals surface area contributed by atoms with Crippen molar-refractivity contribution in [2.45, 2.75) is 32.4 Å². The highest BCUT2D eigenvalue weighted by Gasteiger charge is 2.26. The molecule has 1 aromatic carbocycles. The van der Waals surface area contributed by atoms with Gasteiger partial charge in [0.25, 0.3) is 5.91 Å². The van der Waals surface area contributed by atoms with Crippen LogP contribution in [-0.4, -0.2) is 56.4 Å². The molecule has 0 unspecified atom stereocenters. The van der Waals surface area contributed by atoms with Crippen LogP contribution in [0.5, 0.6) is 11.5 Å². The Morgan fingerprint density at radius 1 is 1.35 bits per heavy atom. The SMILES string of the molecule is CCOC(=O)N[C@H]1CCCN(C(=O)c2ccc(OC(F)F)c(OC)c2)C1. The fourth-order valence-electron chi connectivity index (χ4n) is 2.80. The van der Waals surface area contributed by atoms with E-state index in [1.807, 2.05) is 0 Å². The van der Waals surface area contributed by atoms with Gasteiger partial charge in [-0.3, -0.25) is 4.79 Å². The number of alkyl halides is 2. The Bertz CT molecular complexity index is 642. The monoisotopic (exact) mass is 372 g/mol. The number of halogens is 2. The lowest BCUT2D eigenvalue weighted by molar-refractivity contribution is -0.0512. The lowest BCUT2D eigenvalue weighted by Crippen LogP contribution is -2.49. The minimum absolute atomic E-state index is 0.0503. The number of alkyl carbamates (subject to hydrolysis) is 1. The van der Waals surface area contributed by atoms with E-state index in [1.54, 1.807) is 11.8 Å². The summed E-state index contributed by atoms with van der Waals surface area (Å²) in [4.78, 5) is 25.8. The number of benzene rings is 1. The number of hydrogen-bond acceptors (Lipinski definition) is 5. The minimum Gasteiger partial charge on any atom is -0.493 e. The van der Waals surface area contributed by atoms with Crippen LogP contribution in [0, 0.1) is 0 Å². The van der Waals surface area contributed by atoms with E-state index in [0.29, 0.717) is 18.7 Å². The van der Waals surface area contributed by atoms with Gasteiger partial charge in [0, 0.05) is 24.7 Å². The summed E-state index contributed by atoms with van der Waals surface area (Å²) < 4.78 is 39.0. The molecule has 1 saturated heterocycles. The molecule has 1 N–H and O–H groups in total. The molecule has 1 fully saturated rings. The van der Waals surface area contributed by atoms with Crippen molar-refractivity contribution in [3.63, 3.8) is 0 Å². The fraction of sp³-hybridized carbons (Fsp3) is 0.529. The van der Waals surface area contributed by atoms with E-state index in [1.165, 1.54) is 25.3 Å². The summed E-state index contributed by atoms with van der Waals surface area (Å²) in [7, 11) is 1.31. The van der Waals surface area contributed by atoms with Gasteiger partial charge in [-0.15, -0.1) is 0 Å². The van der Waals surface area contributed by atoms with Gasteiger partial charge in [0.05, 0.1) is 13.7 Å². The summed E-state index contributed by atoms with van der Waals surface area (Å²) in [5, 5.41) is 2.73. The van der Waals surface area contributed by atoms with Gasteiger partial charge in [-0.1, -0.05) is 0 Å². The zero-order valence-electron chi connectivity index (χ0n) is 14.7. The first-order valence-corrected chi connectivity index (χ1v) is 8.30. The zero-order valence-corrected chi connectivity index (χ0v) is 14.7. The molecular formula is C17H22F2N2O5. The summed E-state index contributed by atoms with van der Waals surface area (Å²) in [6.45, 7) is -0.117. The third-order valence-corrected chi connectivity index (χ3v) is 3.93. The molecule has 0 radical (unpaired) electrons. The second-order valence-corrected chi connectivity index (χ2v) is 5.70. The first-order chi connectivity index (χ1) is 12.4. The number of rotatable bonds is 6. The summed E-state index contributed by atoms with van der Waals surface area (Å²) in [5.41, 5.74) is 0.292. The van der Waals surface area contributed by atoms with Crippen molar-refractivity contribution in [3.05, 3.63) is 23.8 Å². The molecule has 0 spiro atoms. The van der Waals surface area contributed by atoms with E-state index in [2.05, 4.69) is 10.1 Å². The molecule has 1 aromatic rings. The van der Waals surface area contributed by atoms with Crippen LogP contribution in [0.15, 0.2) is 18.2 Å². The van der Waals surface area contributed by atoms with Crippen molar-refractivity contribution in [1.82, 2.24) is 10.2 Å². The Morgan fingerprint density at radius 2 is 2.12 bits per heavy atom. The van der Waals surface area contributed by atoms with Crippen LogP contribution in [0.1, 0.15) is 30.1 Å². The summed E-state index contributed by atoms with van der Waals surface area (Å²) >= 11 is 0. The number of hydrogen-bond donors (Lipinski definition) is 1. The van der Waals surface area contributed by atoms with E-state index < -0.39 is 12.7 Å². The Kier molecular flexibility index (Phi) is 6.99. The van der Waals surface area contributed by atoms with Crippen molar-refractivity contribution in [2.75, 3.05) is 26.8 Å². The minimum atomic E-state index is -2.98. The summed E-state index contributed by atoms with van der Waals surface area (Å²) in [6, 6.07) is 3.85. The number of ether oxygens (including phenoxy) is 3. The smallest absolute Gasteiger partial charge is 0.407 e. The quantitative estimate of drug-likeness (QED) is 0.831. The van der Waals surface area contributed by atoms with Gasteiger partial charge in [-0.05, 0) is 38.0 Å². The number of piperidine rings is 1. The molecule has 0 aromatic heterocycles. The standard InChI is InChI=1S/C17H22F2N2O5/c1-3-25-17(23)20-12-5-4-8-21(10-12)15(22)11-6-7-13(26-16(18)19)14(9-11)24-2/h6-7,9,12,16H,3-5,8,10H2,1-2H3,(H,20,23)/t12-/m0/s1. The number of likely N-dealkylation sites (tertiary alicyclic amines) is 1. The average molecular weight is 372 g/mol. The second-order valence-electron chi connectivity index (χ2n) is 5.70. The van der Waals surface area contributed by atoms with Gasteiger partial charge in [-0.2, -0.15) is 8.78 Å². The maximum Gasteiger partial charge on any atom is 0.407 e. The molecule has 2 amide bonds. The van der Waals surface area contributed by atoms with Crippen molar-refractivity contribution in [3.8, 4) is 11.5 Å². The van der Waals surface area contributed by atoms with Gasteiger partial charge in [0.2, 0.25) is 0 Å². The molecule has 26 heavy (non-hydrogen) atoms. The van der Waals surface area contributed by atoms with Gasteiger partial charge in [-0.25, -0.2) is 4.79 Å². The van der Waals surface area contributed by atoms with Crippen LogP contribution in [0.2, 0.25) is 0 Å². The van der Waals surface area contributed by atoms with Crippen molar-refractivity contribution in [1.29, 1.82) is 0 Å². The molecular weight excluding hydrogens is 350 g/mol. The topological polar surface area (TPSA) is 77.1 Å². The van der Waals surface area contributed by atoms with Crippen LogP contribution < -0.4 is 14.8 Å². The molecule has 144 valence electrons. The Hall–Kier alpha value is -2.58. The Labute approximate surface area is 150 Å². The van der Waals surface area contributed by atoms with Crippen molar-refractivity contribution < 1.29 is 32.6 Å². The molecule has 0 aliphatic carbocycles. The van der Waals surface area contributed by atoms with E-state index >= 15 is 0 Å². The van der Waals surface area contributed by atoms with Crippen LogP contribution in [-0.2, 0) is 4.74 Å². The first kappa shape index (κ1) is 19.7. The summed E-state index contributed by atoms with van der Waals surface area (Å²) in [5.74, 6) is -0.365. The molecule has 9 heteroatoms. The number of carbonyl (C=O) groups is 2. The van der Waals surface area contributed by atoms with E-state index in [-0.39, 0.29) is 30.1 Å². The molecule has 0 saturated carbocycles. The van der Waals surface area contributed by atoms with Crippen molar-refractivity contribution in [2.24, 2.45) is 0 Å². The van der Waals surface area contributed by atoms with Gasteiger partial charge in [0.1, 0.15) is 0 Å². The third kappa shape index (κ3) is 5.21. The van der Waals surface area contributed by atoms with E-state index in [4.69, 9.17) is 9.47 Å². The Morgan fingerprint density at radius 3 is 2.77 bits per heavy atom. The largest absolute Gasteiger partial charge is 0.493 e. The van der Waals surface area contributed by atoms with Crippen LogP contribution >= 0.6 is 0 Å². The highest BCUT2D eigenvalue weighted by atomic mass is 19.3. The van der Waals surface area contributed by atoms with Gasteiger partial charge >= 0.3 is 12.7 Å². The van der Waals surface area contributed by atoms with Crippen molar-refractivity contribution >= 4 is 12.0 Å². The lowest BCUT2D eigenvalue weighted by Gasteiger charge is -2.33. The fourth-order valence-corrected chi connectivity index (χ4v) is 2.80. The molecule has 1 aliphatic heterocycles. The predicted molar refractivity (Wildman–Crippen MR) is 88.7 cm³/mol. The molecule has 1 atom stereocenters. The Balaban J connectivity index is 2.06. The number of nitrogens with zero attached hydrogens (tertiary/aromatic N) is 1. The zero-order chi connectivity index (χ0) is 19.1. The molecule has 0 bridgehead atoms. The number of carbonyl (C=O) groups excluding carboxylic acids is 2. The average Bonchev–Trinajstić information content (AvgIpc) is 2.61. The number of amides is 2. The molecule has 1 aliphatic rings. The van der Waals surface area contributed by atoms with Gasteiger partial charge in [0.15, 0.2) is 11.5 Å². The number of nitrogens with one attached hydrogen (secondary N) is 1. The van der Waals surface area contributed by atoms with Gasteiger partial charge < -0.3 is 24.4 Å². The van der Waals surface area contributed by atoms with Crippen LogP contribution in [0.4, 0.5) is 13.6 Å². The second kappa shape index (κ2) is 9.21. The molecule has 2 rings (SSSR count). The van der Waals surface area contributed by atoms with E-state index in [9.17, 15) is 18.4 Å².